The molecule has 0 aliphatic carbocycles. The van der Waals surface area contributed by atoms with E-state index in [4.69, 9.17) is 5.73 Å². The second kappa shape index (κ2) is 5.77. The minimum atomic E-state index is -0.519. The van der Waals surface area contributed by atoms with E-state index in [2.05, 4.69) is 10.9 Å². The highest BCUT2D eigenvalue weighted by Gasteiger charge is 2.02. The molecular weight excluding hydrogens is 194 g/mol. The first-order valence-electron chi connectivity index (χ1n) is 4.52. The highest BCUT2D eigenvalue weighted by molar-refractivity contribution is 5.79. The quantitative estimate of drug-likeness (QED) is 0.560. The van der Waals surface area contributed by atoms with Crippen molar-refractivity contribution < 1.29 is 9.59 Å². The summed E-state index contributed by atoms with van der Waals surface area (Å²) in [6.07, 6.45) is 0.270. The van der Waals surface area contributed by atoms with Crippen LogP contribution in [0.5, 0.6) is 0 Å². The average molecular weight is 207 g/mol. The van der Waals surface area contributed by atoms with E-state index in [0.29, 0.717) is 0 Å². The number of carbonyl (C=O) groups is 2. The van der Waals surface area contributed by atoms with Crippen LogP contribution in [0.2, 0.25) is 0 Å². The second-order valence-electron chi connectivity index (χ2n) is 3.03. The number of nitrogens with two attached hydrogens (primary N) is 1. The fourth-order valence-electron chi connectivity index (χ4n) is 1.06. The van der Waals surface area contributed by atoms with Gasteiger partial charge in [0.25, 0.3) is 0 Å². The van der Waals surface area contributed by atoms with Gasteiger partial charge in [-0.05, 0) is 5.56 Å². The van der Waals surface area contributed by atoms with Gasteiger partial charge in [-0.2, -0.15) is 0 Å². The van der Waals surface area contributed by atoms with Crippen LogP contribution in [0.4, 0.5) is 0 Å². The molecule has 1 rings (SSSR count). The van der Waals surface area contributed by atoms with E-state index in [1.807, 2.05) is 30.3 Å². The number of carbonyl (C=O) groups excluding carboxylic acids is 2. The normalized spacial score (nSPS) is 9.60. The van der Waals surface area contributed by atoms with E-state index in [-0.39, 0.29) is 18.9 Å². The molecule has 1 aromatic carbocycles. The number of primary amides is 1. The first-order chi connectivity index (χ1) is 7.18. The Labute approximate surface area is 87.6 Å². The summed E-state index contributed by atoms with van der Waals surface area (Å²) in [5.41, 5.74) is 10.6. The van der Waals surface area contributed by atoms with Crippen molar-refractivity contribution in [3.8, 4) is 0 Å². The number of hydrogen-bond acceptors (Lipinski definition) is 3. The number of hydrogen-bond donors (Lipinski definition) is 3. The first-order valence-corrected chi connectivity index (χ1v) is 4.52. The van der Waals surface area contributed by atoms with Crippen molar-refractivity contribution in [1.82, 2.24) is 10.9 Å². The van der Waals surface area contributed by atoms with E-state index >= 15 is 0 Å². The molecule has 0 aliphatic heterocycles. The molecule has 80 valence electrons. The number of hydrazine groups is 1. The molecule has 0 spiro atoms. The maximum atomic E-state index is 11.3. The first kappa shape index (κ1) is 11.2. The van der Waals surface area contributed by atoms with Crippen molar-refractivity contribution in [1.29, 1.82) is 0 Å². The Bertz CT molecular complexity index is 338. The second-order valence-corrected chi connectivity index (χ2v) is 3.03. The van der Waals surface area contributed by atoms with Gasteiger partial charge in [0.05, 0.1) is 13.0 Å². The summed E-state index contributed by atoms with van der Waals surface area (Å²) >= 11 is 0. The lowest BCUT2D eigenvalue weighted by Crippen LogP contribution is -2.42. The SMILES string of the molecule is NC(=O)CNNC(=O)Cc1ccccc1. The third-order valence-corrected chi connectivity index (χ3v) is 1.70. The maximum absolute atomic E-state index is 11.3. The Morgan fingerprint density at radius 3 is 2.47 bits per heavy atom. The van der Waals surface area contributed by atoms with Crippen molar-refractivity contribution in [3.05, 3.63) is 35.9 Å². The summed E-state index contributed by atoms with van der Waals surface area (Å²) in [5.74, 6) is -0.725. The lowest BCUT2D eigenvalue weighted by atomic mass is 10.1. The van der Waals surface area contributed by atoms with E-state index < -0.39 is 5.91 Å². The lowest BCUT2D eigenvalue weighted by molar-refractivity contribution is -0.122. The molecular formula is C10H13N3O2. The molecule has 0 unspecified atom stereocenters. The van der Waals surface area contributed by atoms with Crippen molar-refractivity contribution in [2.75, 3.05) is 6.54 Å². The molecule has 0 saturated heterocycles. The molecule has 0 heterocycles. The van der Waals surface area contributed by atoms with Crippen LogP contribution in [0, 0.1) is 0 Å². The summed E-state index contributed by atoms with van der Waals surface area (Å²) in [4.78, 5) is 21.6. The predicted octanol–water partition coefficient (Wildman–Crippen LogP) is -0.665. The average Bonchev–Trinajstić information content (AvgIpc) is 2.18. The summed E-state index contributed by atoms with van der Waals surface area (Å²) in [5, 5.41) is 0. The van der Waals surface area contributed by atoms with Crippen molar-refractivity contribution in [3.63, 3.8) is 0 Å². The van der Waals surface area contributed by atoms with Crippen LogP contribution in [0.15, 0.2) is 30.3 Å². The van der Waals surface area contributed by atoms with Gasteiger partial charge in [0.15, 0.2) is 0 Å². The Balaban J connectivity index is 2.28. The zero-order valence-electron chi connectivity index (χ0n) is 8.19. The Hall–Kier alpha value is -1.88. The van der Waals surface area contributed by atoms with Gasteiger partial charge in [-0.15, -0.1) is 0 Å². The van der Waals surface area contributed by atoms with Crippen LogP contribution in [0.1, 0.15) is 5.56 Å². The molecule has 0 aliphatic rings. The van der Waals surface area contributed by atoms with E-state index in [9.17, 15) is 9.59 Å². The van der Waals surface area contributed by atoms with Crippen LogP contribution in [-0.2, 0) is 16.0 Å². The smallest absolute Gasteiger partial charge is 0.238 e. The summed E-state index contributed by atoms with van der Waals surface area (Å²) in [6.45, 7) is -0.0689. The predicted molar refractivity (Wildman–Crippen MR) is 55.5 cm³/mol. The summed E-state index contributed by atoms with van der Waals surface area (Å²) in [6, 6.07) is 9.31. The van der Waals surface area contributed by atoms with Crippen molar-refractivity contribution in [2.45, 2.75) is 6.42 Å². The molecule has 4 N–H and O–H groups in total. The van der Waals surface area contributed by atoms with Crippen LogP contribution >= 0.6 is 0 Å². The van der Waals surface area contributed by atoms with E-state index in [1.54, 1.807) is 0 Å². The lowest BCUT2D eigenvalue weighted by Gasteiger charge is -2.04. The van der Waals surface area contributed by atoms with Crippen molar-refractivity contribution in [2.24, 2.45) is 5.73 Å². The topological polar surface area (TPSA) is 84.2 Å². The number of nitrogens with one attached hydrogen (secondary N) is 2. The van der Waals surface area contributed by atoms with Crippen LogP contribution in [0.3, 0.4) is 0 Å². The number of benzene rings is 1. The fraction of sp³-hybridized carbons (Fsp3) is 0.200. The molecule has 1 aromatic rings. The standard InChI is InChI=1S/C10H13N3O2/c11-9(14)7-12-13-10(15)6-8-4-2-1-3-5-8/h1-5,12H,6-7H2,(H2,11,14)(H,13,15). The van der Waals surface area contributed by atoms with Crippen LogP contribution in [0.25, 0.3) is 0 Å². The van der Waals surface area contributed by atoms with Gasteiger partial charge in [-0.3, -0.25) is 15.0 Å². The Morgan fingerprint density at radius 1 is 1.20 bits per heavy atom. The van der Waals surface area contributed by atoms with Gasteiger partial charge in [-0.25, -0.2) is 5.43 Å². The molecule has 5 nitrogen and oxygen atoms in total. The van der Waals surface area contributed by atoms with Gasteiger partial charge >= 0.3 is 0 Å². The molecule has 0 aromatic heterocycles. The molecule has 0 radical (unpaired) electrons. The minimum Gasteiger partial charge on any atom is -0.369 e. The molecule has 5 heteroatoms. The molecule has 2 amide bonds. The third-order valence-electron chi connectivity index (χ3n) is 1.70. The minimum absolute atomic E-state index is 0.0689. The van der Waals surface area contributed by atoms with Gasteiger partial charge < -0.3 is 5.73 Å². The Morgan fingerprint density at radius 2 is 1.87 bits per heavy atom. The maximum Gasteiger partial charge on any atom is 0.238 e. The van der Waals surface area contributed by atoms with E-state index in [0.717, 1.165) is 5.56 Å². The molecule has 0 saturated carbocycles. The zero-order chi connectivity index (χ0) is 11.1. The molecule has 0 bridgehead atoms. The largest absolute Gasteiger partial charge is 0.369 e. The van der Waals surface area contributed by atoms with Gasteiger partial charge in [-0.1, -0.05) is 30.3 Å². The number of amides is 2. The van der Waals surface area contributed by atoms with Gasteiger partial charge in [0.2, 0.25) is 11.8 Å². The zero-order valence-corrected chi connectivity index (χ0v) is 8.19. The highest BCUT2D eigenvalue weighted by Crippen LogP contribution is 1.98. The monoisotopic (exact) mass is 207 g/mol. The van der Waals surface area contributed by atoms with E-state index in [1.165, 1.54) is 0 Å². The van der Waals surface area contributed by atoms with Gasteiger partial charge in [0, 0.05) is 0 Å². The molecule has 0 atom stereocenters. The van der Waals surface area contributed by atoms with Crippen molar-refractivity contribution >= 4 is 11.8 Å². The van der Waals surface area contributed by atoms with Crippen LogP contribution in [-0.4, -0.2) is 18.4 Å². The summed E-state index contributed by atoms with van der Waals surface area (Å²) < 4.78 is 0. The highest BCUT2D eigenvalue weighted by atomic mass is 16.2. The fourth-order valence-corrected chi connectivity index (χ4v) is 1.06. The Kier molecular flexibility index (Phi) is 4.30. The molecule has 0 fully saturated rings. The van der Waals surface area contributed by atoms with Gasteiger partial charge in [0.1, 0.15) is 0 Å². The number of rotatable bonds is 5. The molecule has 15 heavy (non-hydrogen) atoms. The summed E-state index contributed by atoms with van der Waals surface area (Å²) in [7, 11) is 0. The third kappa shape index (κ3) is 4.78. The van der Waals surface area contributed by atoms with Crippen LogP contribution < -0.4 is 16.6 Å².